The Hall–Kier alpha value is -1.27. The quantitative estimate of drug-likeness (QED) is 0.767. The van der Waals surface area contributed by atoms with Crippen molar-refractivity contribution in [2.24, 2.45) is 0 Å². The van der Waals surface area contributed by atoms with Gasteiger partial charge >= 0.3 is 12.2 Å². The van der Waals surface area contributed by atoms with Crippen LogP contribution in [-0.2, 0) is 4.79 Å². The number of nitrogens with one attached hydrogen (secondary N) is 1. The predicted molar refractivity (Wildman–Crippen MR) is 45.0 cm³/mol. The molecule has 86 valence electrons. The molecule has 7 heteroatoms. The molecule has 1 heterocycles. The first-order valence-electron chi connectivity index (χ1n) is 4.47. The lowest BCUT2D eigenvalue weighted by molar-refractivity contribution is -0.144. The lowest BCUT2D eigenvalue weighted by Crippen LogP contribution is -2.53. The minimum atomic E-state index is -4.30. The van der Waals surface area contributed by atoms with Gasteiger partial charge < -0.3 is 4.90 Å². The first-order valence-corrected chi connectivity index (χ1v) is 4.47. The van der Waals surface area contributed by atoms with Gasteiger partial charge in [0.15, 0.2) is 0 Å². The van der Waals surface area contributed by atoms with Crippen LogP contribution in [0, 0.1) is 0 Å². The standard InChI is InChI=1S/C8H11F3N2O2/c1-5(4-8(9,10)11)13-3-2-6(14)12-7(13)15/h5H,2-4H2,1H3,(H,12,14,15). The van der Waals surface area contributed by atoms with E-state index in [9.17, 15) is 22.8 Å². The van der Waals surface area contributed by atoms with E-state index in [-0.39, 0.29) is 13.0 Å². The van der Waals surface area contributed by atoms with E-state index in [0.29, 0.717) is 0 Å². The summed E-state index contributed by atoms with van der Waals surface area (Å²) in [4.78, 5) is 22.9. The van der Waals surface area contributed by atoms with Crippen LogP contribution in [0.1, 0.15) is 19.8 Å². The van der Waals surface area contributed by atoms with Crippen LogP contribution >= 0.6 is 0 Å². The van der Waals surface area contributed by atoms with E-state index in [1.807, 2.05) is 5.32 Å². The Kier molecular flexibility index (Phi) is 3.21. The number of hydrogen-bond donors (Lipinski definition) is 1. The molecule has 1 saturated heterocycles. The highest BCUT2D eigenvalue weighted by Gasteiger charge is 2.35. The fourth-order valence-electron chi connectivity index (χ4n) is 1.44. The maximum atomic E-state index is 12.0. The third-order valence-corrected chi connectivity index (χ3v) is 2.15. The number of nitrogens with zero attached hydrogens (tertiary/aromatic N) is 1. The molecule has 0 radical (unpaired) electrons. The van der Waals surface area contributed by atoms with Gasteiger partial charge in [-0.3, -0.25) is 10.1 Å². The van der Waals surface area contributed by atoms with Gasteiger partial charge in [-0.15, -0.1) is 0 Å². The molecule has 0 spiro atoms. The molecular formula is C8H11F3N2O2. The van der Waals surface area contributed by atoms with Crippen molar-refractivity contribution in [1.29, 1.82) is 0 Å². The number of carbonyl (C=O) groups excluding carboxylic acids is 2. The van der Waals surface area contributed by atoms with Gasteiger partial charge in [0.05, 0.1) is 6.42 Å². The third kappa shape index (κ3) is 3.41. The van der Waals surface area contributed by atoms with Gasteiger partial charge in [0, 0.05) is 19.0 Å². The molecular weight excluding hydrogens is 213 g/mol. The zero-order chi connectivity index (χ0) is 11.6. The maximum absolute atomic E-state index is 12.0. The summed E-state index contributed by atoms with van der Waals surface area (Å²) in [5.41, 5.74) is 0. The average molecular weight is 224 g/mol. The van der Waals surface area contributed by atoms with Crippen LogP contribution < -0.4 is 5.32 Å². The Morgan fingerprint density at radius 2 is 2.07 bits per heavy atom. The summed E-state index contributed by atoms with van der Waals surface area (Å²) in [5, 5.41) is 1.98. The summed E-state index contributed by atoms with van der Waals surface area (Å²) in [6.07, 6.45) is -5.32. The van der Waals surface area contributed by atoms with Gasteiger partial charge in [-0.25, -0.2) is 4.79 Å². The molecule has 1 aliphatic heterocycles. The minimum absolute atomic E-state index is 0.0436. The average Bonchev–Trinajstić information content (AvgIpc) is 1.99. The molecule has 0 aromatic carbocycles. The number of amides is 3. The molecule has 1 unspecified atom stereocenters. The van der Waals surface area contributed by atoms with Crippen molar-refractivity contribution in [2.75, 3.05) is 6.54 Å². The van der Waals surface area contributed by atoms with E-state index in [4.69, 9.17) is 0 Å². The second-order valence-electron chi connectivity index (χ2n) is 3.47. The first kappa shape index (κ1) is 11.8. The van der Waals surface area contributed by atoms with E-state index in [0.717, 1.165) is 4.90 Å². The van der Waals surface area contributed by atoms with Crippen molar-refractivity contribution in [3.63, 3.8) is 0 Å². The van der Waals surface area contributed by atoms with Gasteiger partial charge in [-0.1, -0.05) is 0 Å². The fourth-order valence-corrected chi connectivity index (χ4v) is 1.44. The van der Waals surface area contributed by atoms with Crippen molar-refractivity contribution in [3.8, 4) is 0 Å². The molecule has 15 heavy (non-hydrogen) atoms. The number of rotatable bonds is 2. The smallest absolute Gasteiger partial charge is 0.321 e. The van der Waals surface area contributed by atoms with E-state index in [1.54, 1.807) is 0 Å². The normalized spacial score (nSPS) is 20.1. The summed E-state index contributed by atoms with van der Waals surface area (Å²) in [7, 11) is 0. The highest BCUT2D eigenvalue weighted by molar-refractivity contribution is 5.96. The minimum Gasteiger partial charge on any atom is -0.321 e. The van der Waals surface area contributed by atoms with Gasteiger partial charge in [-0.05, 0) is 6.92 Å². The van der Waals surface area contributed by atoms with E-state index in [2.05, 4.69) is 0 Å². The van der Waals surface area contributed by atoms with E-state index >= 15 is 0 Å². The second kappa shape index (κ2) is 4.08. The largest absolute Gasteiger partial charge is 0.391 e. The van der Waals surface area contributed by atoms with Crippen LogP contribution in [0.2, 0.25) is 0 Å². The molecule has 1 fully saturated rings. The van der Waals surface area contributed by atoms with Crippen LogP contribution in [0.4, 0.5) is 18.0 Å². The van der Waals surface area contributed by atoms with Crippen LogP contribution in [0.5, 0.6) is 0 Å². The molecule has 1 atom stereocenters. The molecule has 1 aliphatic rings. The Bertz CT molecular complexity index is 278. The van der Waals surface area contributed by atoms with Crippen LogP contribution in [0.3, 0.4) is 0 Å². The Morgan fingerprint density at radius 3 is 2.53 bits per heavy atom. The Morgan fingerprint density at radius 1 is 1.47 bits per heavy atom. The van der Waals surface area contributed by atoms with Crippen LogP contribution in [0.25, 0.3) is 0 Å². The molecule has 0 saturated carbocycles. The monoisotopic (exact) mass is 224 g/mol. The number of carbonyl (C=O) groups is 2. The Balaban J connectivity index is 2.56. The number of imide groups is 1. The topological polar surface area (TPSA) is 49.4 Å². The summed E-state index contributed by atoms with van der Waals surface area (Å²) in [5.74, 6) is -0.449. The summed E-state index contributed by atoms with van der Waals surface area (Å²) in [6.45, 7) is 1.35. The van der Waals surface area contributed by atoms with Gasteiger partial charge in [-0.2, -0.15) is 13.2 Å². The molecule has 0 bridgehead atoms. The SMILES string of the molecule is CC(CC(F)(F)F)N1CCC(=O)NC1=O. The van der Waals surface area contributed by atoms with Crippen LogP contribution in [0.15, 0.2) is 0 Å². The van der Waals surface area contributed by atoms with E-state index < -0.39 is 30.6 Å². The molecule has 3 amide bonds. The summed E-state index contributed by atoms with van der Waals surface area (Å²) < 4.78 is 36.1. The van der Waals surface area contributed by atoms with E-state index in [1.165, 1.54) is 6.92 Å². The predicted octanol–water partition coefficient (Wildman–Crippen LogP) is 1.27. The molecule has 0 aliphatic carbocycles. The Labute approximate surface area is 84.4 Å². The molecule has 0 aromatic heterocycles. The van der Waals surface area contributed by atoms with Crippen molar-refractivity contribution >= 4 is 11.9 Å². The second-order valence-corrected chi connectivity index (χ2v) is 3.47. The number of alkyl halides is 3. The maximum Gasteiger partial charge on any atom is 0.391 e. The van der Waals surface area contributed by atoms with Gasteiger partial charge in [0.1, 0.15) is 0 Å². The van der Waals surface area contributed by atoms with Crippen molar-refractivity contribution < 1.29 is 22.8 Å². The first-order chi connectivity index (χ1) is 6.79. The number of halogens is 3. The van der Waals surface area contributed by atoms with Crippen molar-refractivity contribution in [3.05, 3.63) is 0 Å². The van der Waals surface area contributed by atoms with Gasteiger partial charge in [0.25, 0.3) is 0 Å². The number of hydrogen-bond acceptors (Lipinski definition) is 2. The third-order valence-electron chi connectivity index (χ3n) is 2.15. The number of urea groups is 1. The van der Waals surface area contributed by atoms with Crippen molar-refractivity contribution in [2.45, 2.75) is 32.0 Å². The van der Waals surface area contributed by atoms with Gasteiger partial charge in [0.2, 0.25) is 5.91 Å². The lowest BCUT2D eigenvalue weighted by atomic mass is 10.1. The fraction of sp³-hybridized carbons (Fsp3) is 0.750. The molecule has 4 nitrogen and oxygen atoms in total. The highest BCUT2D eigenvalue weighted by Crippen LogP contribution is 2.24. The summed E-state index contributed by atoms with van der Waals surface area (Å²) >= 11 is 0. The molecule has 1 N–H and O–H groups in total. The molecule has 0 aromatic rings. The zero-order valence-electron chi connectivity index (χ0n) is 8.10. The van der Waals surface area contributed by atoms with Crippen LogP contribution in [-0.4, -0.2) is 35.6 Å². The van der Waals surface area contributed by atoms with Crippen molar-refractivity contribution in [1.82, 2.24) is 10.2 Å². The molecule has 1 rings (SSSR count). The summed E-state index contributed by atoms with van der Waals surface area (Å²) in [6, 6.07) is -1.69. The highest BCUT2D eigenvalue weighted by atomic mass is 19.4. The zero-order valence-corrected chi connectivity index (χ0v) is 8.10. The lowest BCUT2D eigenvalue weighted by Gasteiger charge is -2.32.